The van der Waals surface area contributed by atoms with E-state index < -0.39 is 0 Å². The lowest BCUT2D eigenvalue weighted by molar-refractivity contribution is 0.102. The summed E-state index contributed by atoms with van der Waals surface area (Å²) in [6, 6.07) is 20.5. The third kappa shape index (κ3) is 4.09. The first-order chi connectivity index (χ1) is 12.2. The number of anilines is 1. The van der Waals surface area contributed by atoms with E-state index in [2.05, 4.69) is 5.32 Å². The van der Waals surface area contributed by atoms with Gasteiger partial charge in [-0.05, 0) is 48.5 Å². The molecule has 0 radical (unpaired) electrons. The maximum absolute atomic E-state index is 12.4. The van der Waals surface area contributed by atoms with Crippen molar-refractivity contribution < 1.29 is 19.4 Å². The number of hydrogen-bond donors (Lipinski definition) is 2. The maximum atomic E-state index is 12.4. The fraction of sp³-hybridized carbons (Fsp3) is 0.0500. The molecule has 0 heterocycles. The largest absolute Gasteiger partial charge is 0.508 e. The lowest BCUT2D eigenvalue weighted by Crippen LogP contribution is -2.12. The minimum atomic E-state index is -0.251. The number of methoxy groups -OCH3 is 1. The van der Waals surface area contributed by atoms with E-state index in [1.54, 1.807) is 60.7 Å². The van der Waals surface area contributed by atoms with Gasteiger partial charge in [0.15, 0.2) is 0 Å². The molecule has 25 heavy (non-hydrogen) atoms. The van der Waals surface area contributed by atoms with Crippen LogP contribution in [0.5, 0.6) is 23.0 Å². The first-order valence-corrected chi connectivity index (χ1v) is 7.67. The number of phenols is 1. The molecule has 0 atom stereocenters. The van der Waals surface area contributed by atoms with Crippen LogP contribution >= 0.6 is 0 Å². The van der Waals surface area contributed by atoms with Gasteiger partial charge in [0.25, 0.3) is 5.91 Å². The van der Waals surface area contributed by atoms with Gasteiger partial charge in [-0.15, -0.1) is 0 Å². The van der Waals surface area contributed by atoms with Crippen molar-refractivity contribution in [3.05, 3.63) is 78.4 Å². The Morgan fingerprint density at radius 1 is 0.920 bits per heavy atom. The zero-order valence-electron chi connectivity index (χ0n) is 13.6. The SMILES string of the molecule is COc1ccccc1C(=O)Nc1ccc(Oc2cccc(O)c2)cc1. The number of hydrogen-bond acceptors (Lipinski definition) is 4. The smallest absolute Gasteiger partial charge is 0.259 e. The Bertz CT molecular complexity index is 875. The highest BCUT2D eigenvalue weighted by Crippen LogP contribution is 2.26. The average molecular weight is 335 g/mol. The fourth-order valence-electron chi connectivity index (χ4n) is 2.32. The molecule has 0 bridgehead atoms. The number of amides is 1. The van der Waals surface area contributed by atoms with E-state index in [0.717, 1.165) is 0 Å². The monoisotopic (exact) mass is 335 g/mol. The van der Waals surface area contributed by atoms with E-state index >= 15 is 0 Å². The van der Waals surface area contributed by atoms with Crippen molar-refractivity contribution in [2.45, 2.75) is 0 Å². The fourth-order valence-corrected chi connectivity index (χ4v) is 2.32. The summed E-state index contributed by atoms with van der Waals surface area (Å²) in [5, 5.41) is 12.3. The Labute approximate surface area is 145 Å². The number of nitrogens with one attached hydrogen (secondary N) is 1. The van der Waals surface area contributed by atoms with Crippen LogP contribution < -0.4 is 14.8 Å². The molecule has 3 rings (SSSR count). The summed E-state index contributed by atoms with van der Waals surface area (Å²) in [7, 11) is 1.53. The highest BCUT2D eigenvalue weighted by molar-refractivity contribution is 6.06. The number of aromatic hydroxyl groups is 1. The summed E-state index contributed by atoms with van der Waals surface area (Å²) in [4.78, 5) is 12.4. The highest BCUT2D eigenvalue weighted by atomic mass is 16.5. The third-order valence-corrected chi connectivity index (χ3v) is 3.52. The zero-order chi connectivity index (χ0) is 17.6. The minimum Gasteiger partial charge on any atom is -0.508 e. The Kier molecular flexibility index (Phi) is 4.85. The van der Waals surface area contributed by atoms with Crippen LogP contribution in [-0.2, 0) is 0 Å². The molecule has 5 nitrogen and oxygen atoms in total. The second-order valence-electron chi connectivity index (χ2n) is 5.28. The topological polar surface area (TPSA) is 67.8 Å². The van der Waals surface area contributed by atoms with Crippen LogP contribution in [0, 0.1) is 0 Å². The number of para-hydroxylation sites is 1. The van der Waals surface area contributed by atoms with Gasteiger partial charge in [0.05, 0.1) is 12.7 Å². The highest BCUT2D eigenvalue weighted by Gasteiger charge is 2.11. The average Bonchev–Trinajstić information content (AvgIpc) is 2.63. The van der Waals surface area contributed by atoms with Crippen LogP contribution in [0.3, 0.4) is 0 Å². The molecule has 0 aliphatic rings. The van der Waals surface area contributed by atoms with E-state index in [4.69, 9.17) is 9.47 Å². The number of carbonyl (C=O) groups excluding carboxylic acids is 1. The van der Waals surface area contributed by atoms with Crippen LogP contribution in [0.2, 0.25) is 0 Å². The molecular weight excluding hydrogens is 318 g/mol. The van der Waals surface area contributed by atoms with Crippen LogP contribution in [0.15, 0.2) is 72.8 Å². The lowest BCUT2D eigenvalue weighted by atomic mass is 10.2. The first-order valence-electron chi connectivity index (χ1n) is 7.67. The van der Waals surface area contributed by atoms with Gasteiger partial charge in [-0.3, -0.25) is 4.79 Å². The minimum absolute atomic E-state index is 0.137. The van der Waals surface area contributed by atoms with Gasteiger partial charge < -0.3 is 19.9 Å². The van der Waals surface area contributed by atoms with Gasteiger partial charge in [0, 0.05) is 11.8 Å². The summed E-state index contributed by atoms with van der Waals surface area (Å²) in [6.45, 7) is 0. The Morgan fingerprint density at radius 2 is 1.68 bits per heavy atom. The molecule has 0 aromatic heterocycles. The van der Waals surface area contributed by atoms with Gasteiger partial charge in [0.1, 0.15) is 23.0 Å². The van der Waals surface area contributed by atoms with Gasteiger partial charge in [-0.25, -0.2) is 0 Å². The second kappa shape index (κ2) is 7.40. The summed E-state index contributed by atoms with van der Waals surface area (Å²) in [5.41, 5.74) is 1.10. The number of phenolic OH excluding ortho intramolecular Hbond substituents is 1. The second-order valence-corrected chi connectivity index (χ2v) is 5.28. The number of benzene rings is 3. The van der Waals surface area contributed by atoms with Gasteiger partial charge >= 0.3 is 0 Å². The molecule has 0 aliphatic carbocycles. The van der Waals surface area contributed by atoms with E-state index in [1.807, 2.05) is 6.07 Å². The Hall–Kier alpha value is -3.47. The molecule has 126 valence electrons. The molecule has 5 heteroatoms. The predicted octanol–water partition coefficient (Wildman–Crippen LogP) is 4.45. The van der Waals surface area contributed by atoms with Gasteiger partial charge in [-0.2, -0.15) is 0 Å². The van der Waals surface area contributed by atoms with Crippen LogP contribution in [0.1, 0.15) is 10.4 Å². The predicted molar refractivity (Wildman–Crippen MR) is 95.6 cm³/mol. The molecule has 0 aliphatic heterocycles. The van der Waals surface area contributed by atoms with Crippen molar-refractivity contribution in [2.75, 3.05) is 12.4 Å². The van der Waals surface area contributed by atoms with Crippen molar-refractivity contribution in [1.82, 2.24) is 0 Å². The van der Waals surface area contributed by atoms with E-state index in [1.165, 1.54) is 13.2 Å². The lowest BCUT2D eigenvalue weighted by Gasteiger charge is -2.10. The molecule has 0 saturated carbocycles. The van der Waals surface area contributed by atoms with Gasteiger partial charge in [0.2, 0.25) is 0 Å². The summed E-state index contributed by atoms with van der Waals surface area (Å²) in [6.07, 6.45) is 0. The molecule has 0 spiro atoms. The zero-order valence-corrected chi connectivity index (χ0v) is 13.6. The first kappa shape index (κ1) is 16.4. The Morgan fingerprint density at radius 3 is 2.40 bits per heavy atom. The summed E-state index contributed by atoms with van der Waals surface area (Å²) >= 11 is 0. The number of carbonyl (C=O) groups is 1. The van der Waals surface area contributed by atoms with E-state index in [9.17, 15) is 9.90 Å². The normalized spacial score (nSPS) is 10.1. The molecule has 0 saturated heterocycles. The Balaban J connectivity index is 1.69. The van der Waals surface area contributed by atoms with Crippen molar-refractivity contribution >= 4 is 11.6 Å². The molecule has 0 fully saturated rings. The van der Waals surface area contributed by atoms with Gasteiger partial charge in [-0.1, -0.05) is 18.2 Å². The van der Waals surface area contributed by atoms with Crippen LogP contribution in [-0.4, -0.2) is 18.1 Å². The molecule has 1 amide bonds. The van der Waals surface area contributed by atoms with Crippen LogP contribution in [0.25, 0.3) is 0 Å². The van der Waals surface area contributed by atoms with Crippen molar-refractivity contribution in [1.29, 1.82) is 0 Å². The van der Waals surface area contributed by atoms with E-state index in [-0.39, 0.29) is 11.7 Å². The molecule has 2 N–H and O–H groups in total. The number of rotatable bonds is 5. The summed E-state index contributed by atoms with van der Waals surface area (Å²) < 4.78 is 10.8. The maximum Gasteiger partial charge on any atom is 0.259 e. The standard InChI is InChI=1S/C20H17NO4/c1-24-19-8-3-2-7-18(19)20(23)21-14-9-11-16(12-10-14)25-17-6-4-5-15(22)13-17/h2-13,22H,1H3,(H,21,23). The summed E-state index contributed by atoms with van der Waals surface area (Å²) in [5.74, 6) is 1.54. The van der Waals surface area contributed by atoms with Crippen molar-refractivity contribution in [3.8, 4) is 23.0 Å². The number of ether oxygens (including phenoxy) is 2. The quantitative estimate of drug-likeness (QED) is 0.723. The van der Waals surface area contributed by atoms with Crippen molar-refractivity contribution in [3.63, 3.8) is 0 Å². The molecule has 3 aromatic carbocycles. The molecular formula is C20H17NO4. The molecule has 3 aromatic rings. The van der Waals surface area contributed by atoms with Crippen LogP contribution in [0.4, 0.5) is 5.69 Å². The molecule has 0 unspecified atom stereocenters. The third-order valence-electron chi connectivity index (χ3n) is 3.52. The van der Waals surface area contributed by atoms with E-state index in [0.29, 0.717) is 28.5 Å². The van der Waals surface area contributed by atoms with Crippen molar-refractivity contribution in [2.24, 2.45) is 0 Å².